The molecule has 0 atom stereocenters. The van der Waals surface area contributed by atoms with E-state index in [9.17, 15) is 0 Å². The number of nitrogens with one attached hydrogen (secondary N) is 1. The van der Waals surface area contributed by atoms with Crippen LogP contribution in [0, 0.1) is 13.8 Å². The number of hydrogen-bond acceptors (Lipinski definition) is 5. The van der Waals surface area contributed by atoms with Crippen molar-refractivity contribution in [3.63, 3.8) is 0 Å². The van der Waals surface area contributed by atoms with Crippen molar-refractivity contribution in [3.05, 3.63) is 29.8 Å². The van der Waals surface area contributed by atoms with Crippen molar-refractivity contribution in [2.24, 2.45) is 0 Å². The SMILES string of the molecule is CNc1nc(C)c(C)nc1-c1cncc(OC(C)C)c1. The number of ether oxygens (including phenoxy) is 1. The normalized spacial score (nSPS) is 10.7. The molecular formula is C15H20N4O. The molecule has 0 fully saturated rings. The monoisotopic (exact) mass is 272 g/mol. The first-order chi connectivity index (χ1) is 9.51. The van der Waals surface area contributed by atoms with E-state index in [-0.39, 0.29) is 6.10 Å². The van der Waals surface area contributed by atoms with Crippen LogP contribution in [0.15, 0.2) is 18.5 Å². The van der Waals surface area contributed by atoms with Gasteiger partial charge in [-0.1, -0.05) is 0 Å². The number of rotatable bonds is 4. The predicted octanol–water partition coefficient (Wildman–Crippen LogP) is 2.98. The molecule has 0 aliphatic carbocycles. The van der Waals surface area contributed by atoms with E-state index in [1.54, 1.807) is 12.4 Å². The van der Waals surface area contributed by atoms with Crippen molar-refractivity contribution in [1.82, 2.24) is 15.0 Å². The highest BCUT2D eigenvalue weighted by atomic mass is 16.5. The largest absolute Gasteiger partial charge is 0.489 e. The van der Waals surface area contributed by atoms with Crippen LogP contribution in [-0.2, 0) is 0 Å². The Hall–Kier alpha value is -2.17. The third-order valence-electron chi connectivity index (χ3n) is 2.90. The molecule has 2 aromatic rings. The average Bonchev–Trinajstić information content (AvgIpc) is 2.41. The summed E-state index contributed by atoms with van der Waals surface area (Å²) in [6, 6.07) is 1.94. The Balaban J connectivity index is 2.48. The minimum atomic E-state index is 0.113. The lowest BCUT2D eigenvalue weighted by Crippen LogP contribution is -2.06. The zero-order chi connectivity index (χ0) is 14.7. The molecule has 0 bridgehead atoms. The second-order valence-corrected chi connectivity index (χ2v) is 4.92. The molecule has 0 aromatic carbocycles. The van der Waals surface area contributed by atoms with Gasteiger partial charge >= 0.3 is 0 Å². The van der Waals surface area contributed by atoms with Gasteiger partial charge in [0.15, 0.2) is 5.82 Å². The average molecular weight is 272 g/mol. The van der Waals surface area contributed by atoms with Crippen LogP contribution >= 0.6 is 0 Å². The Labute approximate surface area is 119 Å². The molecule has 20 heavy (non-hydrogen) atoms. The van der Waals surface area contributed by atoms with Gasteiger partial charge in [-0.25, -0.2) is 9.97 Å². The highest BCUT2D eigenvalue weighted by Crippen LogP contribution is 2.27. The van der Waals surface area contributed by atoms with Gasteiger partial charge < -0.3 is 10.1 Å². The van der Waals surface area contributed by atoms with Crippen LogP contribution < -0.4 is 10.1 Å². The van der Waals surface area contributed by atoms with Crippen molar-refractivity contribution < 1.29 is 4.74 Å². The predicted molar refractivity (Wildman–Crippen MR) is 80.0 cm³/mol. The Morgan fingerprint density at radius 1 is 1.10 bits per heavy atom. The molecule has 0 saturated heterocycles. The van der Waals surface area contributed by atoms with Crippen LogP contribution in [0.2, 0.25) is 0 Å². The van der Waals surface area contributed by atoms with E-state index in [2.05, 4.69) is 20.3 Å². The maximum absolute atomic E-state index is 5.67. The van der Waals surface area contributed by atoms with Crippen molar-refractivity contribution in [2.75, 3.05) is 12.4 Å². The molecule has 5 nitrogen and oxygen atoms in total. The van der Waals surface area contributed by atoms with Gasteiger partial charge in [0, 0.05) is 18.8 Å². The van der Waals surface area contributed by atoms with E-state index in [0.717, 1.165) is 34.2 Å². The summed E-state index contributed by atoms with van der Waals surface area (Å²) >= 11 is 0. The zero-order valence-corrected chi connectivity index (χ0v) is 12.6. The van der Waals surface area contributed by atoms with Crippen LogP contribution in [0.5, 0.6) is 5.75 Å². The minimum absolute atomic E-state index is 0.113. The van der Waals surface area contributed by atoms with E-state index >= 15 is 0 Å². The van der Waals surface area contributed by atoms with Crippen molar-refractivity contribution >= 4 is 5.82 Å². The number of aromatic nitrogens is 3. The third kappa shape index (κ3) is 3.04. The highest BCUT2D eigenvalue weighted by Gasteiger charge is 2.12. The Morgan fingerprint density at radius 3 is 2.45 bits per heavy atom. The topological polar surface area (TPSA) is 59.9 Å². The molecule has 2 rings (SSSR count). The van der Waals surface area contributed by atoms with E-state index in [1.165, 1.54) is 0 Å². The number of aryl methyl sites for hydroxylation is 2. The summed E-state index contributed by atoms with van der Waals surface area (Å²) in [6.45, 7) is 7.87. The Bertz CT molecular complexity index is 611. The molecule has 5 heteroatoms. The summed E-state index contributed by atoms with van der Waals surface area (Å²) in [4.78, 5) is 13.4. The van der Waals surface area contributed by atoms with Gasteiger partial charge in [-0.15, -0.1) is 0 Å². The lowest BCUT2D eigenvalue weighted by Gasteiger charge is -2.13. The zero-order valence-electron chi connectivity index (χ0n) is 12.6. The summed E-state index contributed by atoms with van der Waals surface area (Å²) in [6.07, 6.45) is 3.59. The first-order valence-corrected chi connectivity index (χ1v) is 6.66. The summed E-state index contributed by atoms with van der Waals surface area (Å²) in [7, 11) is 1.84. The Morgan fingerprint density at radius 2 is 1.80 bits per heavy atom. The van der Waals surface area contributed by atoms with Gasteiger partial charge in [0.1, 0.15) is 11.4 Å². The summed E-state index contributed by atoms with van der Waals surface area (Å²) in [5.41, 5.74) is 3.51. The summed E-state index contributed by atoms with van der Waals surface area (Å²) in [5.74, 6) is 1.48. The molecule has 0 unspecified atom stereocenters. The van der Waals surface area contributed by atoms with Gasteiger partial charge in [0.05, 0.1) is 23.7 Å². The van der Waals surface area contributed by atoms with Gasteiger partial charge in [-0.05, 0) is 33.8 Å². The van der Waals surface area contributed by atoms with E-state index < -0.39 is 0 Å². The number of hydrogen-bond donors (Lipinski definition) is 1. The van der Waals surface area contributed by atoms with Crippen LogP contribution in [0.25, 0.3) is 11.3 Å². The minimum Gasteiger partial charge on any atom is -0.489 e. The van der Waals surface area contributed by atoms with E-state index in [1.807, 2.05) is 40.8 Å². The maximum atomic E-state index is 5.67. The fourth-order valence-corrected chi connectivity index (χ4v) is 1.86. The molecule has 2 aromatic heterocycles. The first kappa shape index (κ1) is 14.2. The second kappa shape index (κ2) is 5.86. The van der Waals surface area contributed by atoms with Crippen LogP contribution in [0.1, 0.15) is 25.2 Å². The van der Waals surface area contributed by atoms with Crippen LogP contribution in [0.3, 0.4) is 0 Å². The lowest BCUT2D eigenvalue weighted by molar-refractivity contribution is 0.241. The number of pyridine rings is 1. The summed E-state index contributed by atoms with van der Waals surface area (Å²) in [5, 5.41) is 3.08. The molecule has 0 aliphatic heterocycles. The fourth-order valence-electron chi connectivity index (χ4n) is 1.86. The first-order valence-electron chi connectivity index (χ1n) is 6.66. The highest BCUT2D eigenvalue weighted by molar-refractivity contribution is 5.71. The maximum Gasteiger partial charge on any atom is 0.152 e. The van der Waals surface area contributed by atoms with E-state index in [4.69, 9.17) is 4.74 Å². The number of nitrogens with zero attached hydrogens (tertiary/aromatic N) is 3. The molecular weight excluding hydrogens is 252 g/mol. The van der Waals surface area contributed by atoms with Crippen molar-refractivity contribution in [1.29, 1.82) is 0 Å². The molecule has 106 valence electrons. The standard InChI is InChI=1S/C15H20N4O/c1-9(2)20-13-6-12(7-17-8-13)14-15(16-5)19-11(4)10(3)18-14/h6-9H,1-5H3,(H,16,19). The Kier molecular flexibility index (Phi) is 4.17. The second-order valence-electron chi connectivity index (χ2n) is 4.92. The van der Waals surface area contributed by atoms with Gasteiger partial charge in [-0.3, -0.25) is 4.98 Å². The molecule has 0 spiro atoms. The van der Waals surface area contributed by atoms with E-state index in [0.29, 0.717) is 0 Å². The lowest BCUT2D eigenvalue weighted by atomic mass is 10.2. The van der Waals surface area contributed by atoms with Gasteiger partial charge in [0.2, 0.25) is 0 Å². The van der Waals surface area contributed by atoms with Crippen LogP contribution in [-0.4, -0.2) is 28.1 Å². The molecule has 0 amide bonds. The molecule has 1 N–H and O–H groups in total. The molecule has 2 heterocycles. The quantitative estimate of drug-likeness (QED) is 0.927. The smallest absolute Gasteiger partial charge is 0.152 e. The molecule has 0 radical (unpaired) electrons. The van der Waals surface area contributed by atoms with Crippen molar-refractivity contribution in [3.8, 4) is 17.0 Å². The van der Waals surface area contributed by atoms with Gasteiger partial charge in [-0.2, -0.15) is 0 Å². The summed E-state index contributed by atoms with van der Waals surface area (Å²) < 4.78 is 5.67. The molecule has 0 aliphatic rings. The third-order valence-corrected chi connectivity index (χ3v) is 2.90. The molecule has 0 saturated carbocycles. The van der Waals surface area contributed by atoms with Crippen molar-refractivity contribution in [2.45, 2.75) is 33.8 Å². The van der Waals surface area contributed by atoms with Gasteiger partial charge in [0.25, 0.3) is 0 Å². The fraction of sp³-hybridized carbons (Fsp3) is 0.400. The van der Waals surface area contributed by atoms with Crippen LogP contribution in [0.4, 0.5) is 5.82 Å². The number of anilines is 1.